The van der Waals surface area contributed by atoms with Crippen molar-refractivity contribution in [1.29, 1.82) is 0 Å². The Balaban J connectivity index is 1.36. The van der Waals surface area contributed by atoms with E-state index in [9.17, 15) is 12.6 Å². The van der Waals surface area contributed by atoms with E-state index < -0.39 is 32.4 Å². The van der Waals surface area contributed by atoms with Crippen molar-refractivity contribution >= 4 is 32.4 Å². The maximum atomic E-state index is 12.8. The minimum atomic E-state index is -0.678. The van der Waals surface area contributed by atoms with Crippen LogP contribution in [0, 0.1) is 35.5 Å². The van der Waals surface area contributed by atoms with E-state index in [-0.39, 0.29) is 0 Å². The van der Waals surface area contributed by atoms with Gasteiger partial charge in [0, 0.05) is 66.9 Å². The Morgan fingerprint density at radius 1 is 0.300 bits per heavy atom. The molecular formula is C24H42O3S3. The fraction of sp³-hybridized carbons (Fsp3) is 1.00. The largest absolute Gasteiger partial charge is 0.260 e. The van der Waals surface area contributed by atoms with Crippen LogP contribution in [-0.4, -0.2) is 47.1 Å². The minimum Gasteiger partial charge on any atom is -0.260 e. The van der Waals surface area contributed by atoms with Crippen LogP contribution in [0.15, 0.2) is 0 Å². The van der Waals surface area contributed by atoms with Gasteiger partial charge in [-0.05, 0) is 113 Å². The van der Waals surface area contributed by atoms with Crippen LogP contribution in [0.3, 0.4) is 0 Å². The molecule has 6 heteroatoms. The van der Waals surface area contributed by atoms with Crippen molar-refractivity contribution in [3.05, 3.63) is 0 Å². The summed E-state index contributed by atoms with van der Waals surface area (Å²) in [5.74, 6) is 9.10. The monoisotopic (exact) mass is 474 g/mol. The standard InChI is InChI=1S/C24H42O3S3/c25-28-13-19-1-2-20(4-3-19)14-29(26)16-22-9-11-24(12-10-22)18-30(27)17-23-7-5-21(15-28)6-8-23/h19-24H,1-18H2. The summed E-state index contributed by atoms with van der Waals surface area (Å²) in [6.45, 7) is 0. The average molecular weight is 475 g/mol. The van der Waals surface area contributed by atoms with Crippen LogP contribution in [0.25, 0.3) is 0 Å². The van der Waals surface area contributed by atoms with E-state index in [0.717, 1.165) is 34.5 Å². The third kappa shape index (κ3) is 7.23. The summed E-state index contributed by atoms with van der Waals surface area (Å²) in [5.41, 5.74) is 0. The van der Waals surface area contributed by atoms with Crippen LogP contribution in [0.5, 0.6) is 0 Å². The molecule has 174 valence electrons. The highest BCUT2D eigenvalue weighted by molar-refractivity contribution is 7.85. The Bertz CT molecular complexity index is 480. The zero-order valence-corrected chi connectivity index (χ0v) is 21.1. The van der Waals surface area contributed by atoms with Gasteiger partial charge in [-0.3, -0.25) is 12.6 Å². The lowest BCUT2D eigenvalue weighted by atomic mass is 9.84. The molecule has 3 saturated carbocycles. The van der Waals surface area contributed by atoms with Gasteiger partial charge in [0.15, 0.2) is 0 Å². The fourth-order valence-corrected chi connectivity index (χ4v) is 12.0. The second-order valence-electron chi connectivity index (χ2n) is 11.0. The molecule has 0 N–H and O–H groups in total. The Morgan fingerprint density at radius 3 is 0.567 bits per heavy atom. The van der Waals surface area contributed by atoms with Crippen molar-refractivity contribution in [2.75, 3.05) is 34.5 Å². The van der Waals surface area contributed by atoms with Gasteiger partial charge in [-0.1, -0.05) is 0 Å². The van der Waals surface area contributed by atoms with Crippen LogP contribution in [0.2, 0.25) is 0 Å². The third-order valence-electron chi connectivity index (χ3n) is 8.43. The first-order valence-electron chi connectivity index (χ1n) is 12.6. The van der Waals surface area contributed by atoms with Gasteiger partial charge in [0.2, 0.25) is 0 Å². The number of hydrogen-bond donors (Lipinski definition) is 0. The van der Waals surface area contributed by atoms with Gasteiger partial charge in [0.05, 0.1) is 0 Å². The number of fused-ring (bicyclic) bond motifs is 3. The van der Waals surface area contributed by atoms with Crippen LogP contribution < -0.4 is 0 Å². The van der Waals surface area contributed by atoms with Crippen LogP contribution in [0.4, 0.5) is 0 Å². The molecule has 0 atom stereocenters. The van der Waals surface area contributed by atoms with Crippen LogP contribution in [-0.2, 0) is 32.4 Å². The molecule has 0 aromatic heterocycles. The molecule has 3 aliphatic carbocycles. The molecule has 6 bridgehead atoms. The zero-order chi connectivity index (χ0) is 20.9. The van der Waals surface area contributed by atoms with E-state index in [1.54, 1.807) is 0 Å². The summed E-state index contributed by atoms with van der Waals surface area (Å²) in [4.78, 5) is 0. The lowest BCUT2D eigenvalue weighted by molar-refractivity contribution is 0.307. The van der Waals surface area contributed by atoms with Gasteiger partial charge in [0.25, 0.3) is 0 Å². The summed E-state index contributed by atoms with van der Waals surface area (Å²) in [6.07, 6.45) is 14.3. The Labute approximate surface area is 191 Å². The van der Waals surface area contributed by atoms with E-state index in [0.29, 0.717) is 35.5 Å². The zero-order valence-electron chi connectivity index (χ0n) is 18.6. The van der Waals surface area contributed by atoms with Gasteiger partial charge < -0.3 is 0 Å². The third-order valence-corrected chi connectivity index (χ3v) is 13.5. The van der Waals surface area contributed by atoms with Gasteiger partial charge in [-0.25, -0.2) is 0 Å². The number of rotatable bonds is 0. The molecular weight excluding hydrogens is 432 g/mol. The normalized spacial score (nSPS) is 47.0. The molecule has 4 heterocycles. The highest BCUT2D eigenvalue weighted by atomic mass is 32.2. The van der Waals surface area contributed by atoms with E-state index in [2.05, 4.69) is 0 Å². The molecule has 0 aromatic rings. The molecule has 30 heavy (non-hydrogen) atoms. The SMILES string of the molecule is O=S1CC2CCC(CC2)CS(=O)CC2CCC(CC2)CS(=O)CC2CCC(CC2)C1. The van der Waals surface area contributed by atoms with Crippen molar-refractivity contribution in [1.82, 2.24) is 0 Å². The van der Waals surface area contributed by atoms with Gasteiger partial charge in [-0.2, -0.15) is 0 Å². The predicted octanol–water partition coefficient (Wildman–Crippen LogP) is 4.67. The molecule has 0 amide bonds. The topological polar surface area (TPSA) is 51.2 Å². The molecule has 4 aliphatic heterocycles. The molecule has 7 aliphatic rings. The number of hydrogen-bond acceptors (Lipinski definition) is 3. The van der Waals surface area contributed by atoms with Crippen molar-refractivity contribution < 1.29 is 12.6 Å². The molecule has 3 nitrogen and oxygen atoms in total. The van der Waals surface area contributed by atoms with Gasteiger partial charge in [0.1, 0.15) is 0 Å². The smallest absolute Gasteiger partial charge is 0.0263 e. The summed E-state index contributed by atoms with van der Waals surface area (Å²) >= 11 is 0. The molecule has 0 spiro atoms. The van der Waals surface area contributed by atoms with Crippen LogP contribution in [0.1, 0.15) is 77.0 Å². The average Bonchev–Trinajstić information content (AvgIpc) is 2.72. The summed E-state index contributed by atoms with van der Waals surface area (Å²) in [6, 6.07) is 0. The van der Waals surface area contributed by atoms with Crippen molar-refractivity contribution in [2.45, 2.75) is 77.0 Å². The maximum absolute atomic E-state index is 12.8. The minimum absolute atomic E-state index is 0.624. The van der Waals surface area contributed by atoms with E-state index >= 15 is 0 Å². The highest BCUT2D eigenvalue weighted by Gasteiger charge is 2.30. The second kappa shape index (κ2) is 11.5. The molecule has 0 aromatic carbocycles. The predicted molar refractivity (Wildman–Crippen MR) is 130 cm³/mol. The lowest BCUT2D eigenvalue weighted by Crippen LogP contribution is -2.27. The summed E-state index contributed by atoms with van der Waals surface area (Å²) in [7, 11) is -2.03. The lowest BCUT2D eigenvalue weighted by Gasteiger charge is -2.30. The van der Waals surface area contributed by atoms with Crippen molar-refractivity contribution in [2.24, 2.45) is 35.5 Å². The highest BCUT2D eigenvalue weighted by Crippen LogP contribution is 2.35. The second-order valence-corrected chi connectivity index (χ2v) is 15.6. The maximum Gasteiger partial charge on any atom is 0.0263 e. The first-order chi connectivity index (χ1) is 14.5. The molecule has 7 rings (SSSR count). The quantitative estimate of drug-likeness (QED) is 0.513. The Kier molecular flexibility index (Phi) is 9.08. The van der Waals surface area contributed by atoms with E-state index in [1.165, 1.54) is 77.0 Å². The Hall–Kier alpha value is 0.450. The van der Waals surface area contributed by atoms with E-state index in [1.807, 2.05) is 0 Å². The summed E-state index contributed by atoms with van der Waals surface area (Å²) in [5, 5.41) is 0. The first kappa shape index (κ1) is 23.6. The van der Waals surface area contributed by atoms with Crippen LogP contribution >= 0.6 is 0 Å². The van der Waals surface area contributed by atoms with Gasteiger partial charge >= 0.3 is 0 Å². The van der Waals surface area contributed by atoms with Crippen molar-refractivity contribution in [3.63, 3.8) is 0 Å². The Morgan fingerprint density at radius 2 is 0.433 bits per heavy atom. The van der Waals surface area contributed by atoms with Gasteiger partial charge in [-0.15, -0.1) is 0 Å². The molecule has 0 radical (unpaired) electrons. The fourth-order valence-electron chi connectivity index (χ4n) is 6.48. The van der Waals surface area contributed by atoms with E-state index in [4.69, 9.17) is 0 Å². The first-order valence-corrected chi connectivity index (χ1v) is 17.0. The van der Waals surface area contributed by atoms with Crippen molar-refractivity contribution in [3.8, 4) is 0 Å². The molecule has 4 saturated heterocycles. The molecule has 7 fully saturated rings. The molecule has 0 unspecified atom stereocenters. The summed E-state index contributed by atoms with van der Waals surface area (Å²) < 4.78 is 38.3.